The number of nitrogens with zero attached hydrogens (tertiary/aromatic N) is 1. The van der Waals surface area contributed by atoms with E-state index in [1.165, 1.54) is 0 Å². The number of carbonyl (C=O) groups excluding carboxylic acids is 2. The zero-order valence-corrected chi connectivity index (χ0v) is 13.1. The van der Waals surface area contributed by atoms with Crippen LogP contribution in [0.25, 0.3) is 10.9 Å². The number of nitrogens with one attached hydrogen (secondary N) is 2. The molecule has 122 valence electrons. The number of amides is 2. The Hall–Kier alpha value is -2.34. The molecule has 3 rings (SSSR count). The van der Waals surface area contributed by atoms with Gasteiger partial charge in [0.05, 0.1) is 17.5 Å². The van der Waals surface area contributed by atoms with Gasteiger partial charge in [0.25, 0.3) is 0 Å². The van der Waals surface area contributed by atoms with Crippen molar-refractivity contribution < 1.29 is 14.7 Å². The van der Waals surface area contributed by atoms with Crippen LogP contribution in [0.15, 0.2) is 30.5 Å². The van der Waals surface area contributed by atoms with E-state index in [1.807, 2.05) is 35.0 Å². The summed E-state index contributed by atoms with van der Waals surface area (Å²) in [5.41, 5.74) is 1.57. The fraction of sp³-hybridized carbons (Fsp3) is 0.412. The summed E-state index contributed by atoms with van der Waals surface area (Å²) in [5.74, 6) is -0.548. The number of rotatable bonds is 4. The van der Waals surface area contributed by atoms with E-state index in [2.05, 4.69) is 10.6 Å². The molecule has 1 aromatic carbocycles. The van der Waals surface area contributed by atoms with E-state index in [0.717, 1.165) is 23.7 Å². The minimum absolute atomic E-state index is 0.0778. The molecule has 2 aromatic rings. The molecule has 0 spiro atoms. The van der Waals surface area contributed by atoms with Crippen molar-refractivity contribution in [1.29, 1.82) is 0 Å². The summed E-state index contributed by atoms with van der Waals surface area (Å²) >= 11 is 0. The van der Waals surface area contributed by atoms with Crippen molar-refractivity contribution in [2.45, 2.75) is 31.9 Å². The molecule has 1 heterocycles. The van der Waals surface area contributed by atoms with E-state index >= 15 is 0 Å². The molecule has 1 fully saturated rings. The highest BCUT2D eigenvalue weighted by Gasteiger charge is 2.31. The number of aromatic nitrogens is 1. The lowest BCUT2D eigenvalue weighted by atomic mass is 10.1. The molecule has 6 heteroatoms. The third kappa shape index (κ3) is 3.22. The number of hydrogen-bond donors (Lipinski definition) is 3. The molecule has 2 unspecified atom stereocenters. The van der Waals surface area contributed by atoms with Gasteiger partial charge in [-0.3, -0.25) is 9.59 Å². The van der Waals surface area contributed by atoms with Crippen LogP contribution in [0.3, 0.4) is 0 Å². The Balaban J connectivity index is 1.80. The Morgan fingerprint density at radius 1 is 1.30 bits per heavy atom. The first-order valence-electron chi connectivity index (χ1n) is 7.87. The molecule has 0 bridgehead atoms. The molecule has 2 atom stereocenters. The SMILES string of the molecule is CNC(=O)Cn1ccc2ccc(NC(=O)C3CCCC3O)cc21. The summed E-state index contributed by atoms with van der Waals surface area (Å²) in [7, 11) is 1.60. The van der Waals surface area contributed by atoms with Gasteiger partial charge in [-0.05, 0) is 42.8 Å². The van der Waals surface area contributed by atoms with E-state index in [1.54, 1.807) is 7.05 Å². The van der Waals surface area contributed by atoms with Crippen LogP contribution in [-0.4, -0.2) is 34.6 Å². The monoisotopic (exact) mass is 315 g/mol. The van der Waals surface area contributed by atoms with Crippen LogP contribution in [0.5, 0.6) is 0 Å². The third-order valence-corrected chi connectivity index (χ3v) is 4.45. The number of carbonyl (C=O) groups is 2. The molecule has 1 aliphatic rings. The van der Waals surface area contributed by atoms with Crippen molar-refractivity contribution in [3.8, 4) is 0 Å². The van der Waals surface area contributed by atoms with Gasteiger partial charge in [-0.15, -0.1) is 0 Å². The molecule has 1 aromatic heterocycles. The van der Waals surface area contributed by atoms with Crippen LogP contribution >= 0.6 is 0 Å². The van der Waals surface area contributed by atoms with Crippen LogP contribution in [0.2, 0.25) is 0 Å². The second kappa shape index (κ2) is 6.42. The Morgan fingerprint density at radius 2 is 2.13 bits per heavy atom. The maximum Gasteiger partial charge on any atom is 0.239 e. The minimum atomic E-state index is -0.546. The summed E-state index contributed by atoms with van der Waals surface area (Å²) in [4.78, 5) is 23.8. The Morgan fingerprint density at radius 3 is 2.83 bits per heavy atom. The van der Waals surface area contributed by atoms with Gasteiger partial charge in [0.1, 0.15) is 6.54 Å². The van der Waals surface area contributed by atoms with Gasteiger partial charge in [0, 0.05) is 18.9 Å². The van der Waals surface area contributed by atoms with E-state index in [9.17, 15) is 14.7 Å². The van der Waals surface area contributed by atoms with E-state index in [0.29, 0.717) is 12.1 Å². The van der Waals surface area contributed by atoms with Crippen molar-refractivity contribution in [3.05, 3.63) is 30.5 Å². The van der Waals surface area contributed by atoms with Gasteiger partial charge in [-0.25, -0.2) is 0 Å². The lowest BCUT2D eigenvalue weighted by molar-refractivity contribution is -0.122. The van der Waals surface area contributed by atoms with Crippen LogP contribution in [-0.2, 0) is 16.1 Å². The highest BCUT2D eigenvalue weighted by molar-refractivity contribution is 5.95. The van der Waals surface area contributed by atoms with Crippen molar-refractivity contribution in [2.24, 2.45) is 5.92 Å². The van der Waals surface area contributed by atoms with Gasteiger partial charge >= 0.3 is 0 Å². The Kier molecular flexibility index (Phi) is 4.34. The lowest BCUT2D eigenvalue weighted by Gasteiger charge is -2.14. The Labute approximate surface area is 134 Å². The van der Waals surface area contributed by atoms with Gasteiger partial charge in [-0.2, -0.15) is 0 Å². The second-order valence-electron chi connectivity index (χ2n) is 5.98. The Bertz CT molecular complexity index is 738. The predicted molar refractivity (Wildman–Crippen MR) is 88.0 cm³/mol. The van der Waals surface area contributed by atoms with E-state index < -0.39 is 6.10 Å². The summed E-state index contributed by atoms with van der Waals surface area (Å²) < 4.78 is 1.84. The van der Waals surface area contributed by atoms with Crippen LogP contribution in [0.4, 0.5) is 5.69 Å². The average molecular weight is 315 g/mol. The molecule has 6 nitrogen and oxygen atoms in total. The third-order valence-electron chi connectivity index (χ3n) is 4.45. The molecular formula is C17H21N3O3. The van der Waals surface area contributed by atoms with E-state index in [4.69, 9.17) is 0 Å². The summed E-state index contributed by atoms with van der Waals surface area (Å²) in [6.45, 7) is 0.235. The van der Waals surface area contributed by atoms with Crippen LogP contribution in [0, 0.1) is 5.92 Å². The molecule has 0 saturated heterocycles. The molecule has 1 saturated carbocycles. The highest BCUT2D eigenvalue weighted by Crippen LogP contribution is 2.27. The van der Waals surface area contributed by atoms with Gasteiger partial charge < -0.3 is 20.3 Å². The fourth-order valence-corrected chi connectivity index (χ4v) is 3.11. The maximum absolute atomic E-state index is 12.3. The van der Waals surface area contributed by atoms with E-state index in [-0.39, 0.29) is 24.3 Å². The summed E-state index contributed by atoms with van der Waals surface area (Å²) in [6, 6.07) is 7.55. The zero-order chi connectivity index (χ0) is 16.4. The largest absolute Gasteiger partial charge is 0.392 e. The molecule has 0 radical (unpaired) electrons. The second-order valence-corrected chi connectivity index (χ2v) is 5.98. The molecular weight excluding hydrogens is 294 g/mol. The topological polar surface area (TPSA) is 83.4 Å². The van der Waals surface area contributed by atoms with Gasteiger partial charge in [0.15, 0.2) is 0 Å². The predicted octanol–water partition coefficient (Wildman–Crippen LogP) is 1.49. The molecule has 3 N–H and O–H groups in total. The van der Waals surface area contributed by atoms with Crippen molar-refractivity contribution in [1.82, 2.24) is 9.88 Å². The standard InChI is InChI=1S/C17H21N3O3/c1-18-16(22)10-20-8-7-11-5-6-12(9-14(11)20)19-17(23)13-3-2-4-15(13)21/h5-9,13,15,21H,2-4,10H2,1H3,(H,18,22)(H,19,23). The number of likely N-dealkylation sites (N-methyl/N-ethyl adjacent to an activating group) is 1. The first-order valence-corrected chi connectivity index (χ1v) is 7.87. The van der Waals surface area contributed by atoms with Crippen molar-refractivity contribution >= 4 is 28.4 Å². The van der Waals surface area contributed by atoms with Crippen LogP contribution < -0.4 is 10.6 Å². The number of aliphatic hydroxyl groups excluding tert-OH is 1. The maximum atomic E-state index is 12.3. The zero-order valence-electron chi connectivity index (χ0n) is 13.1. The minimum Gasteiger partial charge on any atom is -0.392 e. The molecule has 0 aliphatic heterocycles. The highest BCUT2D eigenvalue weighted by atomic mass is 16.3. The summed E-state index contributed by atoms with van der Waals surface area (Å²) in [6.07, 6.45) is 3.60. The number of anilines is 1. The number of fused-ring (bicyclic) bond motifs is 1. The average Bonchev–Trinajstić information content (AvgIpc) is 3.14. The normalized spacial score (nSPS) is 20.6. The molecule has 23 heavy (non-hydrogen) atoms. The smallest absolute Gasteiger partial charge is 0.239 e. The first-order chi connectivity index (χ1) is 11.1. The van der Waals surface area contributed by atoms with Crippen LogP contribution in [0.1, 0.15) is 19.3 Å². The van der Waals surface area contributed by atoms with Gasteiger partial charge in [0.2, 0.25) is 11.8 Å². The van der Waals surface area contributed by atoms with Crippen molar-refractivity contribution in [3.63, 3.8) is 0 Å². The first kappa shape index (κ1) is 15.6. The number of benzene rings is 1. The van der Waals surface area contributed by atoms with Crippen molar-refractivity contribution in [2.75, 3.05) is 12.4 Å². The van der Waals surface area contributed by atoms with Gasteiger partial charge in [-0.1, -0.05) is 6.07 Å². The number of aliphatic hydroxyl groups is 1. The lowest BCUT2D eigenvalue weighted by Crippen LogP contribution is -2.28. The molecule has 1 aliphatic carbocycles. The fourth-order valence-electron chi connectivity index (χ4n) is 3.11. The summed E-state index contributed by atoms with van der Waals surface area (Å²) in [5, 5.41) is 16.3. The molecule has 2 amide bonds. The quantitative estimate of drug-likeness (QED) is 0.799. The number of hydrogen-bond acceptors (Lipinski definition) is 3.